The summed E-state index contributed by atoms with van der Waals surface area (Å²) >= 11 is 0. The smallest absolute Gasteiger partial charge is 0.333 e. The number of fused-ring (bicyclic) bond motifs is 3. The lowest BCUT2D eigenvalue weighted by molar-refractivity contribution is -0.938. The monoisotopic (exact) mass is 553 g/mol. The highest BCUT2D eigenvalue weighted by atomic mass is 16.5. The summed E-state index contributed by atoms with van der Waals surface area (Å²) in [6, 6.07) is 26.2. The fraction of sp³-hybridized carbons (Fsp3) is 0.400. The number of para-hydroxylation sites is 1. The van der Waals surface area contributed by atoms with Gasteiger partial charge in [-0.1, -0.05) is 93.6 Å². The van der Waals surface area contributed by atoms with E-state index < -0.39 is 6.04 Å². The summed E-state index contributed by atoms with van der Waals surface area (Å²) in [5.41, 5.74) is 2.92. The molecule has 0 aromatic heterocycles. The van der Waals surface area contributed by atoms with Gasteiger partial charge in [0, 0.05) is 41.8 Å². The van der Waals surface area contributed by atoms with Gasteiger partial charge in [0.15, 0.2) is 12.1 Å². The predicted octanol–water partition coefficient (Wildman–Crippen LogP) is 6.03. The zero-order valence-electron chi connectivity index (χ0n) is 24.3. The second kappa shape index (κ2) is 12.0. The number of benzene rings is 3. The molecule has 6 nitrogen and oxygen atoms in total. The third-order valence-corrected chi connectivity index (χ3v) is 8.72. The highest BCUT2D eigenvalue weighted by molar-refractivity contribution is 5.97. The summed E-state index contributed by atoms with van der Waals surface area (Å²) in [4.78, 5) is 39.5. The van der Waals surface area contributed by atoms with Crippen molar-refractivity contribution in [3.63, 3.8) is 0 Å². The number of quaternary nitrogens is 1. The van der Waals surface area contributed by atoms with Crippen molar-refractivity contribution in [3.8, 4) is 0 Å². The molecule has 3 heterocycles. The molecule has 6 rings (SSSR count). The maximum absolute atomic E-state index is 13.6. The van der Waals surface area contributed by atoms with Crippen molar-refractivity contribution >= 4 is 23.2 Å². The van der Waals surface area contributed by atoms with E-state index in [1.54, 1.807) is 0 Å². The van der Waals surface area contributed by atoms with Crippen LogP contribution < -0.4 is 5.32 Å². The average molecular weight is 554 g/mol. The van der Waals surface area contributed by atoms with Crippen LogP contribution in [0, 0.1) is 11.3 Å². The molecule has 3 aliphatic heterocycles. The number of esters is 1. The molecule has 1 N–H and O–H groups in total. The number of carbonyl (C=O) groups is 3. The number of ether oxygens (including phenoxy) is 1. The standard InChI is InChI=1S/C35H41N2O4/c1-35(2,3)32(39)22-25-14-16-26(17-15-25)30(38)23-37-20-18-27(19-21-37)31(24-37)41-34(40)33(28-10-6-4-7-11-28)36-29-12-8-5-9-13-29/h4-17,27,31,33,36H,18-24H2,1-3H3/q+1/t27?,31-,33+,37?/m0/s1. The Morgan fingerprint density at radius 3 is 2.10 bits per heavy atom. The van der Waals surface area contributed by atoms with E-state index in [-0.39, 0.29) is 29.1 Å². The number of carbonyl (C=O) groups excluding carboxylic acids is 3. The van der Waals surface area contributed by atoms with E-state index in [1.807, 2.05) is 106 Å². The van der Waals surface area contributed by atoms with Crippen LogP contribution in [0.3, 0.4) is 0 Å². The van der Waals surface area contributed by atoms with Crippen molar-refractivity contribution < 1.29 is 23.6 Å². The van der Waals surface area contributed by atoms with Crippen molar-refractivity contribution in [2.75, 3.05) is 31.5 Å². The Morgan fingerprint density at radius 1 is 0.878 bits per heavy atom. The van der Waals surface area contributed by atoms with Crippen molar-refractivity contribution in [3.05, 3.63) is 102 Å². The third-order valence-electron chi connectivity index (χ3n) is 8.72. The van der Waals surface area contributed by atoms with Gasteiger partial charge in [0.2, 0.25) is 5.78 Å². The van der Waals surface area contributed by atoms with Gasteiger partial charge in [-0.25, -0.2) is 4.79 Å². The van der Waals surface area contributed by atoms with Gasteiger partial charge in [-0.05, 0) is 23.3 Å². The molecule has 41 heavy (non-hydrogen) atoms. The summed E-state index contributed by atoms with van der Waals surface area (Å²) < 4.78 is 6.90. The molecular formula is C35H41N2O4+. The van der Waals surface area contributed by atoms with Crippen LogP contribution in [0.1, 0.15) is 61.1 Å². The second-order valence-corrected chi connectivity index (χ2v) is 12.8. The molecule has 3 aromatic carbocycles. The summed E-state index contributed by atoms with van der Waals surface area (Å²) in [7, 11) is 0. The maximum atomic E-state index is 13.6. The van der Waals surface area contributed by atoms with Crippen LogP contribution in [-0.4, -0.2) is 54.3 Å². The molecule has 0 amide bonds. The average Bonchev–Trinajstić information content (AvgIpc) is 2.97. The number of rotatable bonds is 10. The molecule has 3 aromatic rings. The molecule has 6 heteroatoms. The Hall–Kier alpha value is -3.77. The Bertz CT molecular complexity index is 1350. The second-order valence-electron chi connectivity index (χ2n) is 12.8. The molecule has 2 bridgehead atoms. The SMILES string of the molecule is CC(C)(C)C(=O)Cc1ccc(C(=O)C[N+]23CCC(CC2)[C@@H](OC(=O)[C@H](Nc2ccccc2)c2ccccc2)C3)cc1. The number of piperidine rings is 3. The third kappa shape index (κ3) is 6.94. The first-order valence-electron chi connectivity index (χ1n) is 14.7. The lowest BCUT2D eigenvalue weighted by atomic mass is 9.82. The van der Waals surface area contributed by atoms with Gasteiger partial charge in [-0.2, -0.15) is 0 Å². The van der Waals surface area contributed by atoms with E-state index in [4.69, 9.17) is 4.74 Å². The molecule has 0 saturated carbocycles. The molecule has 3 aliphatic rings. The van der Waals surface area contributed by atoms with E-state index in [1.165, 1.54) is 0 Å². The summed E-state index contributed by atoms with van der Waals surface area (Å²) in [6.07, 6.45) is 2.05. The van der Waals surface area contributed by atoms with Crippen molar-refractivity contribution in [1.29, 1.82) is 0 Å². The molecule has 0 spiro atoms. The highest BCUT2D eigenvalue weighted by Crippen LogP contribution is 2.37. The lowest BCUT2D eigenvalue weighted by Gasteiger charge is -2.51. The molecule has 3 fully saturated rings. The van der Waals surface area contributed by atoms with Crippen LogP contribution in [0.15, 0.2) is 84.9 Å². The number of nitrogens with one attached hydrogen (secondary N) is 1. The van der Waals surface area contributed by atoms with Gasteiger partial charge in [0.25, 0.3) is 0 Å². The number of hydrogen-bond donors (Lipinski definition) is 1. The molecule has 214 valence electrons. The Morgan fingerprint density at radius 2 is 1.49 bits per heavy atom. The van der Waals surface area contributed by atoms with Gasteiger partial charge in [0.05, 0.1) is 13.1 Å². The maximum Gasteiger partial charge on any atom is 0.333 e. The van der Waals surface area contributed by atoms with Gasteiger partial charge in [-0.3, -0.25) is 9.59 Å². The number of hydrogen-bond acceptors (Lipinski definition) is 5. The lowest BCUT2D eigenvalue weighted by Crippen LogP contribution is -2.65. The van der Waals surface area contributed by atoms with Crippen LogP contribution in [0.2, 0.25) is 0 Å². The van der Waals surface area contributed by atoms with E-state index in [0.29, 0.717) is 35.5 Å². The highest BCUT2D eigenvalue weighted by Gasteiger charge is 2.49. The fourth-order valence-electron chi connectivity index (χ4n) is 6.07. The summed E-state index contributed by atoms with van der Waals surface area (Å²) in [5, 5.41) is 3.36. The van der Waals surface area contributed by atoms with Gasteiger partial charge in [-0.15, -0.1) is 0 Å². The molecule has 0 unspecified atom stereocenters. The van der Waals surface area contributed by atoms with Crippen molar-refractivity contribution in [2.24, 2.45) is 11.3 Å². The number of ketones is 2. The molecule has 2 atom stereocenters. The van der Waals surface area contributed by atoms with Gasteiger partial charge in [0.1, 0.15) is 18.9 Å². The van der Waals surface area contributed by atoms with E-state index in [9.17, 15) is 14.4 Å². The van der Waals surface area contributed by atoms with Crippen molar-refractivity contribution in [2.45, 2.75) is 52.2 Å². The molecule has 0 radical (unpaired) electrons. The number of nitrogens with zero attached hydrogens (tertiary/aromatic N) is 1. The zero-order chi connectivity index (χ0) is 29.0. The topological polar surface area (TPSA) is 72.5 Å². The quantitative estimate of drug-likeness (QED) is 0.189. The van der Waals surface area contributed by atoms with Crippen LogP contribution in [0.4, 0.5) is 5.69 Å². The Balaban J connectivity index is 1.25. The summed E-state index contributed by atoms with van der Waals surface area (Å²) in [6.45, 7) is 8.68. The minimum Gasteiger partial charge on any atom is -0.454 e. The van der Waals surface area contributed by atoms with E-state index in [0.717, 1.165) is 42.7 Å². The van der Waals surface area contributed by atoms with Crippen LogP contribution in [-0.2, 0) is 20.7 Å². The molecule has 3 saturated heterocycles. The number of Topliss-reactive ketones (excluding diaryl/α,β-unsaturated/α-hetero) is 2. The van der Waals surface area contributed by atoms with Gasteiger partial charge < -0.3 is 14.5 Å². The van der Waals surface area contributed by atoms with Crippen LogP contribution >= 0.6 is 0 Å². The Labute approximate surface area is 243 Å². The minimum absolute atomic E-state index is 0.0945. The van der Waals surface area contributed by atoms with Crippen molar-refractivity contribution in [1.82, 2.24) is 0 Å². The van der Waals surface area contributed by atoms with Crippen LogP contribution in [0.5, 0.6) is 0 Å². The minimum atomic E-state index is -0.618. The molecular weight excluding hydrogens is 512 g/mol. The normalized spacial score (nSPS) is 22.5. The largest absolute Gasteiger partial charge is 0.454 e. The first kappa shape index (κ1) is 28.7. The van der Waals surface area contributed by atoms with E-state index in [2.05, 4.69) is 5.32 Å². The Kier molecular flexibility index (Phi) is 8.41. The first-order chi connectivity index (χ1) is 19.6. The van der Waals surface area contributed by atoms with E-state index >= 15 is 0 Å². The van der Waals surface area contributed by atoms with Gasteiger partial charge >= 0.3 is 5.97 Å². The molecule has 0 aliphatic carbocycles. The zero-order valence-corrected chi connectivity index (χ0v) is 24.3. The number of anilines is 1. The predicted molar refractivity (Wildman–Crippen MR) is 161 cm³/mol. The van der Waals surface area contributed by atoms with Crippen LogP contribution in [0.25, 0.3) is 0 Å². The fourth-order valence-corrected chi connectivity index (χ4v) is 6.07. The first-order valence-corrected chi connectivity index (χ1v) is 14.7. The summed E-state index contributed by atoms with van der Waals surface area (Å²) in [5.74, 6) is 0.308.